The standard InChI is InChI=1S/C8H12/c1-4-6-7-8(3)5-2/h2,6-8H,4H2,1,3H3/b7-6+. The first-order chi connectivity index (χ1) is 3.81. The highest BCUT2D eigenvalue weighted by Crippen LogP contribution is 1.93. The Morgan fingerprint density at radius 1 is 1.75 bits per heavy atom. The molecule has 0 fully saturated rings. The van der Waals surface area contributed by atoms with Gasteiger partial charge in [0.25, 0.3) is 0 Å². The van der Waals surface area contributed by atoms with Crippen LogP contribution >= 0.6 is 0 Å². The second kappa shape index (κ2) is 4.46. The van der Waals surface area contributed by atoms with Gasteiger partial charge in [-0.3, -0.25) is 0 Å². The van der Waals surface area contributed by atoms with Gasteiger partial charge in [0, 0.05) is 5.92 Å². The summed E-state index contributed by atoms with van der Waals surface area (Å²) in [5.41, 5.74) is 0. The average Bonchev–Trinajstić information content (AvgIpc) is 1.83. The Hall–Kier alpha value is -0.700. The maximum atomic E-state index is 5.11. The lowest BCUT2D eigenvalue weighted by Gasteiger charge is -1.89. The van der Waals surface area contributed by atoms with Crippen molar-refractivity contribution in [2.24, 2.45) is 5.92 Å². The summed E-state index contributed by atoms with van der Waals surface area (Å²) in [6, 6.07) is 0. The third kappa shape index (κ3) is 3.49. The Balaban J connectivity index is 3.40. The molecule has 0 N–H and O–H groups in total. The zero-order chi connectivity index (χ0) is 6.41. The molecule has 0 bridgehead atoms. The second-order valence-corrected chi connectivity index (χ2v) is 1.79. The molecular weight excluding hydrogens is 96.1 g/mol. The Morgan fingerprint density at radius 2 is 2.38 bits per heavy atom. The van der Waals surface area contributed by atoms with Gasteiger partial charge in [-0.25, -0.2) is 0 Å². The lowest BCUT2D eigenvalue weighted by Crippen LogP contribution is -1.79. The maximum absolute atomic E-state index is 5.11. The van der Waals surface area contributed by atoms with Crippen LogP contribution in [0.2, 0.25) is 0 Å². The van der Waals surface area contributed by atoms with Gasteiger partial charge >= 0.3 is 0 Å². The van der Waals surface area contributed by atoms with Gasteiger partial charge in [0.05, 0.1) is 0 Å². The van der Waals surface area contributed by atoms with E-state index in [2.05, 4.69) is 18.9 Å². The maximum Gasteiger partial charge on any atom is 0.0351 e. The van der Waals surface area contributed by atoms with Crippen LogP contribution in [0.3, 0.4) is 0 Å². The monoisotopic (exact) mass is 108 g/mol. The van der Waals surface area contributed by atoms with Gasteiger partial charge in [0.1, 0.15) is 0 Å². The first-order valence-corrected chi connectivity index (χ1v) is 2.94. The normalized spacial score (nSPS) is 13.6. The highest BCUT2D eigenvalue weighted by atomic mass is 13.9. The van der Waals surface area contributed by atoms with Crippen molar-refractivity contribution in [1.29, 1.82) is 0 Å². The molecule has 0 aromatic heterocycles. The molecule has 0 saturated carbocycles. The Morgan fingerprint density at radius 3 is 2.75 bits per heavy atom. The zero-order valence-electron chi connectivity index (χ0n) is 5.52. The summed E-state index contributed by atoms with van der Waals surface area (Å²) in [7, 11) is 0. The molecular formula is C8H12. The molecule has 0 aromatic carbocycles. The smallest absolute Gasteiger partial charge is 0.0351 e. The Bertz CT molecular complexity index is 104. The molecule has 0 heterocycles. The molecule has 0 saturated heterocycles. The molecule has 8 heavy (non-hydrogen) atoms. The van der Waals surface area contributed by atoms with Crippen LogP contribution in [-0.4, -0.2) is 0 Å². The first kappa shape index (κ1) is 7.30. The summed E-state index contributed by atoms with van der Waals surface area (Å²) in [5.74, 6) is 2.91. The number of allylic oxidation sites excluding steroid dienone is 2. The molecule has 0 aromatic rings. The average molecular weight is 108 g/mol. The molecule has 0 aliphatic rings. The summed E-state index contributed by atoms with van der Waals surface area (Å²) in [6.07, 6.45) is 10.3. The van der Waals surface area contributed by atoms with Crippen molar-refractivity contribution in [2.75, 3.05) is 0 Å². The van der Waals surface area contributed by atoms with E-state index in [4.69, 9.17) is 6.42 Å². The molecule has 1 unspecified atom stereocenters. The SMILES string of the molecule is C#CC(C)/C=C/CC. The van der Waals surface area contributed by atoms with E-state index in [9.17, 15) is 0 Å². The van der Waals surface area contributed by atoms with Gasteiger partial charge in [-0.1, -0.05) is 25.0 Å². The third-order valence-electron chi connectivity index (χ3n) is 0.923. The van der Waals surface area contributed by atoms with Crippen molar-refractivity contribution in [3.05, 3.63) is 12.2 Å². The van der Waals surface area contributed by atoms with Crippen LogP contribution in [0.15, 0.2) is 12.2 Å². The van der Waals surface area contributed by atoms with Crippen molar-refractivity contribution in [2.45, 2.75) is 20.3 Å². The van der Waals surface area contributed by atoms with E-state index in [-0.39, 0.29) is 0 Å². The Kier molecular flexibility index (Phi) is 4.07. The van der Waals surface area contributed by atoms with Crippen LogP contribution in [0.5, 0.6) is 0 Å². The molecule has 0 heteroatoms. The molecule has 0 radical (unpaired) electrons. The van der Waals surface area contributed by atoms with Gasteiger partial charge in [0.15, 0.2) is 0 Å². The van der Waals surface area contributed by atoms with Gasteiger partial charge in [-0.15, -0.1) is 6.42 Å². The van der Waals surface area contributed by atoms with E-state index in [0.29, 0.717) is 5.92 Å². The number of rotatable bonds is 2. The third-order valence-corrected chi connectivity index (χ3v) is 0.923. The van der Waals surface area contributed by atoms with Crippen molar-refractivity contribution in [3.63, 3.8) is 0 Å². The summed E-state index contributed by atoms with van der Waals surface area (Å²) in [6.45, 7) is 4.10. The minimum atomic E-state index is 0.301. The first-order valence-electron chi connectivity index (χ1n) is 2.94. The minimum absolute atomic E-state index is 0.301. The largest absolute Gasteiger partial charge is 0.119 e. The van der Waals surface area contributed by atoms with Crippen LogP contribution < -0.4 is 0 Å². The van der Waals surface area contributed by atoms with E-state index in [1.165, 1.54) is 0 Å². The van der Waals surface area contributed by atoms with E-state index < -0.39 is 0 Å². The molecule has 0 amide bonds. The van der Waals surface area contributed by atoms with Crippen molar-refractivity contribution >= 4 is 0 Å². The molecule has 0 aliphatic carbocycles. The lowest BCUT2D eigenvalue weighted by atomic mass is 10.2. The minimum Gasteiger partial charge on any atom is -0.119 e. The summed E-state index contributed by atoms with van der Waals surface area (Å²) < 4.78 is 0. The molecule has 0 spiro atoms. The summed E-state index contributed by atoms with van der Waals surface area (Å²) in [4.78, 5) is 0. The fourth-order valence-corrected chi connectivity index (χ4v) is 0.396. The van der Waals surface area contributed by atoms with Crippen molar-refractivity contribution < 1.29 is 0 Å². The second-order valence-electron chi connectivity index (χ2n) is 1.79. The number of hydrogen-bond acceptors (Lipinski definition) is 0. The van der Waals surface area contributed by atoms with E-state index >= 15 is 0 Å². The van der Waals surface area contributed by atoms with Crippen LogP contribution in [-0.2, 0) is 0 Å². The fourth-order valence-electron chi connectivity index (χ4n) is 0.396. The van der Waals surface area contributed by atoms with E-state index in [0.717, 1.165) is 6.42 Å². The fraction of sp³-hybridized carbons (Fsp3) is 0.500. The Labute approximate surface area is 51.6 Å². The van der Waals surface area contributed by atoms with Gasteiger partial charge in [0.2, 0.25) is 0 Å². The van der Waals surface area contributed by atoms with E-state index in [1.807, 2.05) is 13.0 Å². The van der Waals surface area contributed by atoms with Gasteiger partial charge in [-0.2, -0.15) is 0 Å². The lowest BCUT2D eigenvalue weighted by molar-refractivity contribution is 0.969. The topological polar surface area (TPSA) is 0 Å². The van der Waals surface area contributed by atoms with Gasteiger partial charge in [-0.05, 0) is 13.3 Å². The summed E-state index contributed by atoms with van der Waals surface area (Å²) >= 11 is 0. The van der Waals surface area contributed by atoms with Crippen LogP contribution in [0.1, 0.15) is 20.3 Å². The van der Waals surface area contributed by atoms with E-state index in [1.54, 1.807) is 0 Å². The molecule has 0 aliphatic heterocycles. The predicted molar refractivity (Wildman–Crippen MR) is 37.4 cm³/mol. The number of hydrogen-bond donors (Lipinski definition) is 0. The molecule has 44 valence electrons. The molecule has 1 atom stereocenters. The van der Waals surface area contributed by atoms with Crippen LogP contribution in [0.4, 0.5) is 0 Å². The molecule has 0 nitrogen and oxygen atoms in total. The quantitative estimate of drug-likeness (QED) is 0.376. The number of terminal acetylenes is 1. The zero-order valence-corrected chi connectivity index (χ0v) is 5.52. The van der Waals surface area contributed by atoms with Crippen LogP contribution in [0.25, 0.3) is 0 Å². The molecule has 0 rings (SSSR count). The van der Waals surface area contributed by atoms with Gasteiger partial charge < -0.3 is 0 Å². The highest BCUT2D eigenvalue weighted by molar-refractivity contribution is 5.02. The van der Waals surface area contributed by atoms with Crippen LogP contribution in [0, 0.1) is 18.3 Å². The van der Waals surface area contributed by atoms with Crippen molar-refractivity contribution in [1.82, 2.24) is 0 Å². The van der Waals surface area contributed by atoms with Crippen molar-refractivity contribution in [3.8, 4) is 12.3 Å². The predicted octanol–water partition coefficient (Wildman–Crippen LogP) is 2.22. The summed E-state index contributed by atoms with van der Waals surface area (Å²) in [5, 5.41) is 0. The highest BCUT2D eigenvalue weighted by Gasteiger charge is 1.83.